The summed E-state index contributed by atoms with van der Waals surface area (Å²) >= 11 is 0. The molecule has 2 fully saturated rings. The van der Waals surface area contributed by atoms with Crippen LogP contribution >= 0.6 is 0 Å². The van der Waals surface area contributed by atoms with E-state index >= 15 is 0 Å². The highest BCUT2D eigenvalue weighted by Crippen LogP contribution is 2.44. The number of carbonyl (C=O) groups is 3. The Morgan fingerprint density at radius 2 is 1.89 bits per heavy atom. The summed E-state index contributed by atoms with van der Waals surface area (Å²) in [4.78, 5) is 33.8. The Bertz CT molecular complexity index is 564. The second-order valence-corrected chi connectivity index (χ2v) is 7.22. The highest BCUT2D eigenvalue weighted by Gasteiger charge is 2.47. The monoisotopic (exact) mass is 382 g/mol. The van der Waals surface area contributed by atoms with Gasteiger partial charge in [0.2, 0.25) is 11.8 Å². The summed E-state index contributed by atoms with van der Waals surface area (Å²) in [5.74, 6) is -1.11. The number of unbranched alkanes of at least 4 members (excludes halogenated alkanes) is 1. The van der Waals surface area contributed by atoms with Crippen molar-refractivity contribution >= 4 is 17.8 Å². The first-order chi connectivity index (χ1) is 12.9. The Morgan fingerprint density at radius 3 is 2.56 bits per heavy atom. The van der Waals surface area contributed by atoms with Gasteiger partial charge in [-0.05, 0) is 38.0 Å². The van der Waals surface area contributed by atoms with Crippen molar-refractivity contribution in [2.75, 3.05) is 13.1 Å². The molecule has 2 rings (SSSR count). The van der Waals surface area contributed by atoms with E-state index in [0.717, 1.165) is 25.7 Å². The number of amides is 2. The van der Waals surface area contributed by atoms with Gasteiger partial charge in [-0.25, -0.2) is 5.06 Å². The molecule has 0 saturated carbocycles. The summed E-state index contributed by atoms with van der Waals surface area (Å²) in [6.07, 6.45) is 9.01. The lowest BCUT2D eigenvalue weighted by Gasteiger charge is -2.27. The van der Waals surface area contributed by atoms with Crippen molar-refractivity contribution in [1.82, 2.24) is 10.4 Å². The average Bonchev–Trinajstić information content (AvgIpc) is 3.23. The number of fused-ring (bicyclic) bond motifs is 2. The normalized spacial score (nSPS) is 26.4. The van der Waals surface area contributed by atoms with Crippen LogP contribution in [0.5, 0.6) is 0 Å². The van der Waals surface area contributed by atoms with Crippen LogP contribution < -0.4 is 5.32 Å². The molecule has 2 amide bonds. The van der Waals surface area contributed by atoms with Crippen molar-refractivity contribution < 1.29 is 29.4 Å². The van der Waals surface area contributed by atoms with Crippen LogP contribution in [0.15, 0.2) is 12.2 Å². The maximum absolute atomic E-state index is 12.0. The maximum atomic E-state index is 12.0. The van der Waals surface area contributed by atoms with Gasteiger partial charge in [-0.1, -0.05) is 19.1 Å². The standard InChI is InChI=1S/C19H30N2O6/c1-2-18(23)21(26)12-17(22)20-11-14-13(15-9-10-16(14)27-15)7-5-3-4-6-8-19(24)25/h3,5,13-16,26H,2,4,6-12H2,1H3,(H,20,22)(H,24,25)/b5-3-/t13-,14+,15-,16+/m1/s1. The SMILES string of the molecule is CCC(=O)N(O)CC(=O)NC[C@H]1[C@@H](C/C=C\CCCC(=O)O)[C@H]2CC[C@@H]1O2. The van der Waals surface area contributed by atoms with Crippen LogP contribution in [-0.2, 0) is 19.1 Å². The summed E-state index contributed by atoms with van der Waals surface area (Å²) in [6, 6.07) is 0. The van der Waals surface area contributed by atoms with E-state index in [1.807, 2.05) is 6.08 Å². The van der Waals surface area contributed by atoms with E-state index in [1.54, 1.807) is 6.92 Å². The third kappa shape index (κ3) is 6.32. The molecule has 0 aromatic heterocycles. The van der Waals surface area contributed by atoms with Gasteiger partial charge in [-0.15, -0.1) is 0 Å². The fourth-order valence-corrected chi connectivity index (χ4v) is 3.92. The summed E-state index contributed by atoms with van der Waals surface area (Å²) in [5.41, 5.74) is 0. The number of carbonyl (C=O) groups excluding carboxylic acids is 2. The number of carboxylic acids is 1. The van der Waals surface area contributed by atoms with Crippen LogP contribution in [0.3, 0.4) is 0 Å². The second-order valence-electron chi connectivity index (χ2n) is 7.22. The number of allylic oxidation sites excluding steroid dienone is 2. The number of rotatable bonds is 11. The van der Waals surface area contributed by atoms with Crippen LogP contribution in [-0.4, -0.2) is 58.5 Å². The van der Waals surface area contributed by atoms with E-state index in [2.05, 4.69) is 11.4 Å². The molecule has 2 saturated heterocycles. The van der Waals surface area contributed by atoms with E-state index in [9.17, 15) is 19.6 Å². The molecule has 0 radical (unpaired) electrons. The largest absolute Gasteiger partial charge is 0.481 e. The summed E-state index contributed by atoms with van der Waals surface area (Å²) in [5, 5.41) is 21.4. The molecule has 8 heteroatoms. The lowest BCUT2D eigenvalue weighted by Crippen LogP contribution is -2.43. The molecular formula is C19H30N2O6. The quantitative estimate of drug-likeness (QED) is 0.217. The molecule has 2 heterocycles. The van der Waals surface area contributed by atoms with Gasteiger partial charge in [0.1, 0.15) is 6.54 Å². The molecule has 0 aliphatic carbocycles. The first kappa shape index (κ1) is 21.4. The minimum atomic E-state index is -0.775. The molecule has 27 heavy (non-hydrogen) atoms. The van der Waals surface area contributed by atoms with Gasteiger partial charge in [0.25, 0.3) is 0 Å². The Morgan fingerprint density at radius 1 is 1.19 bits per heavy atom. The highest BCUT2D eigenvalue weighted by molar-refractivity contribution is 5.83. The van der Waals surface area contributed by atoms with Crippen molar-refractivity contribution in [3.8, 4) is 0 Å². The predicted molar refractivity (Wildman–Crippen MR) is 96.9 cm³/mol. The van der Waals surface area contributed by atoms with Crippen LogP contribution in [0.4, 0.5) is 0 Å². The average molecular weight is 382 g/mol. The third-order valence-electron chi connectivity index (χ3n) is 5.35. The number of hydrogen-bond donors (Lipinski definition) is 3. The lowest BCUT2D eigenvalue weighted by atomic mass is 9.77. The molecule has 2 aliphatic heterocycles. The first-order valence-electron chi connectivity index (χ1n) is 9.70. The van der Waals surface area contributed by atoms with Crippen LogP contribution in [0.2, 0.25) is 0 Å². The van der Waals surface area contributed by atoms with Crippen LogP contribution in [0.1, 0.15) is 51.9 Å². The smallest absolute Gasteiger partial charge is 0.303 e. The van der Waals surface area contributed by atoms with Gasteiger partial charge in [0.15, 0.2) is 0 Å². The van der Waals surface area contributed by atoms with Crippen molar-refractivity contribution in [2.24, 2.45) is 11.8 Å². The Labute approximate surface area is 159 Å². The second kappa shape index (κ2) is 10.4. The molecule has 4 atom stereocenters. The molecular weight excluding hydrogens is 352 g/mol. The van der Waals surface area contributed by atoms with Gasteiger partial charge in [0.05, 0.1) is 12.2 Å². The molecule has 3 N–H and O–H groups in total. The van der Waals surface area contributed by atoms with Gasteiger partial charge in [-0.3, -0.25) is 19.6 Å². The molecule has 0 aromatic carbocycles. The molecule has 0 aromatic rings. The summed E-state index contributed by atoms with van der Waals surface area (Å²) in [7, 11) is 0. The summed E-state index contributed by atoms with van der Waals surface area (Å²) in [6.45, 7) is 1.73. The Balaban J connectivity index is 1.77. The van der Waals surface area contributed by atoms with E-state index in [0.29, 0.717) is 23.9 Å². The molecule has 2 bridgehead atoms. The van der Waals surface area contributed by atoms with Crippen molar-refractivity contribution in [3.05, 3.63) is 12.2 Å². The highest BCUT2D eigenvalue weighted by atomic mass is 16.5. The number of nitrogens with one attached hydrogen (secondary N) is 1. The van der Waals surface area contributed by atoms with E-state index in [1.165, 1.54) is 0 Å². The summed E-state index contributed by atoms with van der Waals surface area (Å²) < 4.78 is 6.00. The lowest BCUT2D eigenvalue weighted by molar-refractivity contribution is -0.168. The van der Waals surface area contributed by atoms with Crippen LogP contribution in [0.25, 0.3) is 0 Å². The van der Waals surface area contributed by atoms with Crippen LogP contribution in [0, 0.1) is 11.8 Å². The Kier molecular flexibility index (Phi) is 8.24. The topological polar surface area (TPSA) is 116 Å². The number of hydrogen-bond acceptors (Lipinski definition) is 5. The van der Waals surface area contributed by atoms with Gasteiger partial charge in [-0.2, -0.15) is 0 Å². The number of ether oxygens (including phenoxy) is 1. The third-order valence-corrected chi connectivity index (χ3v) is 5.35. The fraction of sp³-hybridized carbons (Fsp3) is 0.737. The number of nitrogens with zero attached hydrogens (tertiary/aromatic N) is 1. The van der Waals surface area contributed by atoms with Crippen molar-refractivity contribution in [3.63, 3.8) is 0 Å². The minimum Gasteiger partial charge on any atom is -0.481 e. The maximum Gasteiger partial charge on any atom is 0.303 e. The number of hydroxylamine groups is 2. The molecule has 0 unspecified atom stereocenters. The zero-order valence-corrected chi connectivity index (χ0v) is 15.8. The van der Waals surface area contributed by atoms with Gasteiger partial charge in [0, 0.05) is 25.3 Å². The van der Waals surface area contributed by atoms with Gasteiger partial charge >= 0.3 is 5.97 Å². The molecule has 2 aliphatic rings. The molecule has 0 spiro atoms. The van der Waals surface area contributed by atoms with Crippen molar-refractivity contribution in [1.29, 1.82) is 0 Å². The molecule has 152 valence electrons. The molecule has 8 nitrogen and oxygen atoms in total. The zero-order valence-electron chi connectivity index (χ0n) is 15.8. The minimum absolute atomic E-state index is 0.142. The van der Waals surface area contributed by atoms with E-state index in [4.69, 9.17) is 9.84 Å². The number of aliphatic carboxylic acids is 1. The fourth-order valence-electron chi connectivity index (χ4n) is 3.92. The number of carboxylic acid groups (broad SMARTS) is 1. The van der Waals surface area contributed by atoms with E-state index < -0.39 is 11.9 Å². The zero-order chi connectivity index (χ0) is 19.8. The van der Waals surface area contributed by atoms with Gasteiger partial charge < -0.3 is 15.2 Å². The van der Waals surface area contributed by atoms with E-state index in [-0.39, 0.29) is 43.4 Å². The van der Waals surface area contributed by atoms with Crippen molar-refractivity contribution in [2.45, 2.75) is 64.1 Å². The first-order valence-corrected chi connectivity index (χ1v) is 9.70. The Hall–Kier alpha value is -1.93. The predicted octanol–water partition coefficient (Wildman–Crippen LogP) is 1.73.